The zero-order chi connectivity index (χ0) is 11.8. The Kier molecular flexibility index (Phi) is 6.03. The van der Waals surface area contributed by atoms with E-state index in [1.54, 1.807) is 0 Å². The van der Waals surface area contributed by atoms with Gasteiger partial charge >= 0.3 is 0 Å². The molecule has 5 heteroatoms. The maximum Gasteiger partial charge on any atom is 0.229 e. The van der Waals surface area contributed by atoms with Gasteiger partial charge in [0.1, 0.15) is 0 Å². The minimum Gasteiger partial charge on any atom is -0.381 e. The van der Waals surface area contributed by atoms with Gasteiger partial charge in [0.2, 0.25) is 5.89 Å². The molecule has 0 aliphatic rings. The van der Waals surface area contributed by atoms with Crippen LogP contribution >= 0.6 is 0 Å². The highest BCUT2D eigenvalue weighted by atomic mass is 16.5. The second kappa shape index (κ2) is 7.35. The first-order valence-electron chi connectivity index (χ1n) is 5.93. The zero-order valence-corrected chi connectivity index (χ0v) is 10.1. The fourth-order valence-electron chi connectivity index (χ4n) is 1.37. The topological polar surface area (TPSA) is 74.2 Å². The van der Waals surface area contributed by atoms with E-state index in [0.717, 1.165) is 25.9 Å². The van der Waals surface area contributed by atoms with Crippen molar-refractivity contribution < 1.29 is 9.26 Å². The molecule has 5 nitrogen and oxygen atoms in total. The van der Waals surface area contributed by atoms with Gasteiger partial charge < -0.3 is 15.0 Å². The summed E-state index contributed by atoms with van der Waals surface area (Å²) < 4.78 is 10.4. The molecule has 0 aliphatic carbocycles. The van der Waals surface area contributed by atoms with Crippen molar-refractivity contribution in [3.63, 3.8) is 0 Å². The molecule has 1 aromatic heterocycles. The molecule has 1 rings (SSSR count). The van der Waals surface area contributed by atoms with Crippen LogP contribution in [0.1, 0.15) is 50.9 Å². The predicted octanol–water partition coefficient (Wildman–Crippen LogP) is 1.84. The van der Waals surface area contributed by atoms with Crippen molar-refractivity contribution in [3.8, 4) is 0 Å². The fourth-order valence-corrected chi connectivity index (χ4v) is 1.37. The third-order valence-corrected chi connectivity index (χ3v) is 2.22. The van der Waals surface area contributed by atoms with E-state index in [1.807, 2.05) is 0 Å². The first kappa shape index (κ1) is 13.1. The molecule has 2 N–H and O–H groups in total. The number of rotatable bonds is 8. The number of nitrogens with zero attached hydrogens (tertiary/aromatic N) is 2. The van der Waals surface area contributed by atoms with Crippen molar-refractivity contribution in [1.29, 1.82) is 0 Å². The number of nitrogens with two attached hydrogens (primary N) is 1. The summed E-state index contributed by atoms with van der Waals surface area (Å²) in [5.41, 5.74) is 5.88. The molecule has 0 saturated carbocycles. The largest absolute Gasteiger partial charge is 0.381 e. The molecule has 0 fully saturated rings. The molecule has 0 amide bonds. The van der Waals surface area contributed by atoms with Crippen molar-refractivity contribution >= 4 is 0 Å². The maximum absolute atomic E-state index is 5.88. The first-order chi connectivity index (χ1) is 7.77. The van der Waals surface area contributed by atoms with E-state index >= 15 is 0 Å². The molecule has 0 saturated heterocycles. The van der Waals surface area contributed by atoms with Gasteiger partial charge in [0.05, 0.1) is 19.1 Å². The summed E-state index contributed by atoms with van der Waals surface area (Å²) >= 11 is 0. The van der Waals surface area contributed by atoms with Gasteiger partial charge in [-0.1, -0.05) is 25.4 Å². The Bertz CT molecular complexity index is 289. The summed E-state index contributed by atoms with van der Waals surface area (Å²) in [4.78, 5) is 4.24. The summed E-state index contributed by atoms with van der Waals surface area (Å²) in [5, 5.41) is 3.87. The van der Waals surface area contributed by atoms with Crippen molar-refractivity contribution in [2.45, 2.75) is 45.6 Å². The van der Waals surface area contributed by atoms with E-state index in [0.29, 0.717) is 24.7 Å². The van der Waals surface area contributed by atoms with Crippen molar-refractivity contribution in [2.75, 3.05) is 13.2 Å². The SMILES string of the molecule is CCCOCCc1nc(C(N)CCC)no1. The maximum atomic E-state index is 5.88. The Morgan fingerprint density at radius 2 is 2.12 bits per heavy atom. The Morgan fingerprint density at radius 1 is 1.31 bits per heavy atom. The molecule has 0 radical (unpaired) electrons. The van der Waals surface area contributed by atoms with E-state index in [-0.39, 0.29) is 6.04 Å². The molecule has 0 spiro atoms. The van der Waals surface area contributed by atoms with Crippen molar-refractivity contribution in [3.05, 3.63) is 11.7 Å². The summed E-state index contributed by atoms with van der Waals surface area (Å²) in [5.74, 6) is 1.21. The Labute approximate surface area is 96.4 Å². The number of aromatic nitrogens is 2. The molecular weight excluding hydrogens is 206 g/mol. The number of hydrogen-bond acceptors (Lipinski definition) is 5. The van der Waals surface area contributed by atoms with E-state index in [2.05, 4.69) is 24.0 Å². The third kappa shape index (κ3) is 4.28. The molecule has 1 aromatic rings. The van der Waals surface area contributed by atoms with E-state index in [9.17, 15) is 0 Å². The molecular formula is C11H21N3O2. The average Bonchev–Trinajstić information content (AvgIpc) is 2.73. The molecule has 16 heavy (non-hydrogen) atoms. The Hall–Kier alpha value is -0.940. The molecule has 0 bridgehead atoms. The lowest BCUT2D eigenvalue weighted by Crippen LogP contribution is -2.11. The molecule has 1 heterocycles. The molecule has 1 unspecified atom stereocenters. The smallest absolute Gasteiger partial charge is 0.229 e. The lowest BCUT2D eigenvalue weighted by molar-refractivity contribution is 0.132. The van der Waals surface area contributed by atoms with Gasteiger partial charge in [-0.3, -0.25) is 0 Å². The van der Waals surface area contributed by atoms with Crippen LogP contribution in [0.25, 0.3) is 0 Å². The van der Waals surface area contributed by atoms with E-state index in [1.165, 1.54) is 0 Å². The molecule has 92 valence electrons. The summed E-state index contributed by atoms with van der Waals surface area (Å²) in [7, 11) is 0. The highest BCUT2D eigenvalue weighted by Crippen LogP contribution is 2.12. The summed E-state index contributed by atoms with van der Waals surface area (Å²) in [6.07, 6.45) is 3.58. The molecule has 1 atom stereocenters. The third-order valence-electron chi connectivity index (χ3n) is 2.22. The van der Waals surface area contributed by atoms with Gasteiger partial charge in [-0.2, -0.15) is 4.98 Å². The summed E-state index contributed by atoms with van der Waals surface area (Å²) in [6.45, 7) is 5.56. The number of ether oxygens (including phenoxy) is 1. The predicted molar refractivity (Wildman–Crippen MR) is 60.9 cm³/mol. The van der Waals surface area contributed by atoms with Crippen LogP contribution in [0.2, 0.25) is 0 Å². The standard InChI is InChI=1S/C11H21N3O2/c1-3-5-9(12)11-13-10(16-14-11)6-8-15-7-4-2/h9H,3-8,12H2,1-2H3. The lowest BCUT2D eigenvalue weighted by atomic mass is 10.2. The van der Waals surface area contributed by atoms with E-state index < -0.39 is 0 Å². The highest BCUT2D eigenvalue weighted by Gasteiger charge is 2.12. The average molecular weight is 227 g/mol. The number of hydrogen-bond donors (Lipinski definition) is 1. The second-order valence-electron chi connectivity index (χ2n) is 3.80. The van der Waals surface area contributed by atoms with Crippen molar-refractivity contribution in [2.24, 2.45) is 5.73 Å². The second-order valence-corrected chi connectivity index (χ2v) is 3.80. The fraction of sp³-hybridized carbons (Fsp3) is 0.818. The normalized spacial score (nSPS) is 12.9. The van der Waals surface area contributed by atoms with Gasteiger partial charge in [-0.25, -0.2) is 0 Å². The Balaban J connectivity index is 2.33. The van der Waals surface area contributed by atoms with Gasteiger partial charge in [-0.05, 0) is 12.8 Å². The van der Waals surface area contributed by atoms with Gasteiger partial charge in [-0.15, -0.1) is 0 Å². The monoisotopic (exact) mass is 227 g/mol. The minimum absolute atomic E-state index is 0.112. The van der Waals surface area contributed by atoms with Crippen molar-refractivity contribution in [1.82, 2.24) is 10.1 Å². The van der Waals surface area contributed by atoms with Gasteiger partial charge in [0.25, 0.3) is 0 Å². The van der Waals surface area contributed by atoms with Crippen LogP contribution in [0.4, 0.5) is 0 Å². The van der Waals surface area contributed by atoms with Crippen LogP contribution in [0, 0.1) is 0 Å². The summed E-state index contributed by atoms with van der Waals surface area (Å²) in [6, 6.07) is -0.112. The quantitative estimate of drug-likeness (QED) is 0.686. The van der Waals surface area contributed by atoms with Crippen LogP contribution in [-0.2, 0) is 11.2 Å². The first-order valence-corrected chi connectivity index (χ1v) is 5.93. The minimum atomic E-state index is -0.112. The van der Waals surface area contributed by atoms with Gasteiger partial charge in [0.15, 0.2) is 5.82 Å². The molecule has 0 aromatic carbocycles. The lowest BCUT2D eigenvalue weighted by Gasteiger charge is -2.02. The Morgan fingerprint density at radius 3 is 2.81 bits per heavy atom. The van der Waals surface area contributed by atoms with Crippen LogP contribution in [0.15, 0.2) is 4.52 Å². The molecule has 0 aliphatic heterocycles. The van der Waals surface area contributed by atoms with Crippen LogP contribution in [0.3, 0.4) is 0 Å². The van der Waals surface area contributed by atoms with Crippen LogP contribution in [0.5, 0.6) is 0 Å². The van der Waals surface area contributed by atoms with Crippen LogP contribution in [-0.4, -0.2) is 23.4 Å². The van der Waals surface area contributed by atoms with Gasteiger partial charge in [0, 0.05) is 6.61 Å². The zero-order valence-electron chi connectivity index (χ0n) is 10.1. The van der Waals surface area contributed by atoms with Crippen LogP contribution < -0.4 is 5.73 Å². The van der Waals surface area contributed by atoms with E-state index in [4.69, 9.17) is 15.0 Å². The highest BCUT2D eigenvalue weighted by molar-refractivity contribution is 4.92.